The van der Waals surface area contributed by atoms with Gasteiger partial charge in [-0.1, -0.05) is 13.5 Å². The maximum absolute atomic E-state index is 11.7. The smallest absolute Gasteiger partial charge is 0.222 e. The number of piperazine rings is 1. The van der Waals surface area contributed by atoms with Crippen molar-refractivity contribution in [3.05, 3.63) is 24.6 Å². The Bertz CT molecular complexity index is 404. The first-order valence-electron chi connectivity index (χ1n) is 7.11. The molecule has 0 N–H and O–H groups in total. The molecule has 0 saturated carbocycles. The summed E-state index contributed by atoms with van der Waals surface area (Å²) in [5, 5.41) is 0. The number of hydrogen-bond acceptors (Lipinski definition) is 3. The molecule has 1 aliphatic rings. The number of rotatable bonds is 4. The van der Waals surface area contributed by atoms with Crippen LogP contribution in [0.4, 0.5) is 0 Å². The Morgan fingerprint density at radius 3 is 2.20 bits per heavy atom. The Hall–Kier alpha value is -1.78. The summed E-state index contributed by atoms with van der Waals surface area (Å²) in [7, 11) is 3.90. The van der Waals surface area contributed by atoms with E-state index in [0.717, 1.165) is 37.8 Å². The lowest BCUT2D eigenvalue weighted by Crippen LogP contribution is -2.48. The average Bonchev–Trinajstić information content (AvgIpc) is 2.47. The highest BCUT2D eigenvalue weighted by Crippen LogP contribution is 2.12. The first-order valence-corrected chi connectivity index (χ1v) is 7.11. The lowest BCUT2D eigenvalue weighted by atomic mass is 10.3. The van der Waals surface area contributed by atoms with Crippen molar-refractivity contribution in [2.75, 3.05) is 40.3 Å². The largest absolute Gasteiger partial charge is 0.363 e. The standard InChI is InChI=1S/C15H26N4O/c1-6-13(17(4)5)16-14(7-2)18-9-11-19(12-10-18)15(20)8-3/h6-7H,1,8-12H2,2-5H3/b14-7+,16-13+. The number of hydrogen-bond donors (Lipinski definition) is 0. The zero-order valence-corrected chi connectivity index (χ0v) is 13.1. The molecular formula is C15H26N4O. The molecule has 1 amide bonds. The Kier molecular flexibility index (Phi) is 6.28. The van der Waals surface area contributed by atoms with Crippen LogP contribution in [-0.4, -0.2) is 66.7 Å². The quantitative estimate of drug-likeness (QED) is 0.578. The van der Waals surface area contributed by atoms with E-state index in [-0.39, 0.29) is 5.91 Å². The van der Waals surface area contributed by atoms with E-state index in [1.165, 1.54) is 0 Å². The van der Waals surface area contributed by atoms with Gasteiger partial charge in [-0.25, -0.2) is 4.99 Å². The van der Waals surface area contributed by atoms with Crippen molar-refractivity contribution in [1.29, 1.82) is 0 Å². The van der Waals surface area contributed by atoms with Gasteiger partial charge >= 0.3 is 0 Å². The molecule has 0 radical (unpaired) electrons. The van der Waals surface area contributed by atoms with E-state index in [1.807, 2.05) is 43.8 Å². The maximum atomic E-state index is 11.7. The molecule has 0 aromatic carbocycles. The van der Waals surface area contributed by atoms with Crippen LogP contribution in [0.2, 0.25) is 0 Å². The van der Waals surface area contributed by atoms with Crippen molar-refractivity contribution < 1.29 is 4.79 Å². The summed E-state index contributed by atoms with van der Waals surface area (Å²) < 4.78 is 0. The third-order valence-electron chi connectivity index (χ3n) is 3.39. The topological polar surface area (TPSA) is 39.1 Å². The summed E-state index contributed by atoms with van der Waals surface area (Å²) in [6.07, 6.45) is 4.33. The predicted molar refractivity (Wildman–Crippen MR) is 83.5 cm³/mol. The number of nitrogens with zero attached hydrogens (tertiary/aromatic N) is 4. The SMILES string of the molecule is C=C/C(=N\C(=C/C)N1CCN(C(=O)CC)CC1)N(C)C. The lowest BCUT2D eigenvalue weighted by Gasteiger charge is -2.36. The van der Waals surface area contributed by atoms with Crippen molar-refractivity contribution in [2.45, 2.75) is 20.3 Å². The maximum Gasteiger partial charge on any atom is 0.222 e. The summed E-state index contributed by atoms with van der Waals surface area (Å²) in [4.78, 5) is 22.4. The van der Waals surface area contributed by atoms with Crippen LogP contribution in [0.15, 0.2) is 29.5 Å². The second kappa shape index (κ2) is 7.72. The molecule has 5 heteroatoms. The fourth-order valence-corrected chi connectivity index (χ4v) is 2.17. The Morgan fingerprint density at radius 2 is 1.80 bits per heavy atom. The van der Waals surface area contributed by atoms with Crippen molar-refractivity contribution in [2.24, 2.45) is 4.99 Å². The molecule has 5 nitrogen and oxygen atoms in total. The van der Waals surface area contributed by atoms with Crippen LogP contribution in [0.5, 0.6) is 0 Å². The minimum atomic E-state index is 0.232. The van der Waals surface area contributed by atoms with Crippen LogP contribution in [0.1, 0.15) is 20.3 Å². The normalized spacial score (nSPS) is 17.2. The van der Waals surface area contributed by atoms with E-state index >= 15 is 0 Å². The van der Waals surface area contributed by atoms with Crippen molar-refractivity contribution in [1.82, 2.24) is 14.7 Å². The summed E-state index contributed by atoms with van der Waals surface area (Å²) in [6, 6.07) is 0. The van der Waals surface area contributed by atoms with E-state index in [1.54, 1.807) is 6.08 Å². The third-order valence-corrected chi connectivity index (χ3v) is 3.39. The van der Waals surface area contributed by atoms with Gasteiger partial charge in [0.05, 0.1) is 0 Å². The van der Waals surface area contributed by atoms with Gasteiger partial charge in [0.1, 0.15) is 11.7 Å². The molecule has 112 valence electrons. The summed E-state index contributed by atoms with van der Waals surface area (Å²) >= 11 is 0. The van der Waals surface area contributed by atoms with Crippen LogP contribution >= 0.6 is 0 Å². The van der Waals surface area contributed by atoms with Gasteiger partial charge < -0.3 is 14.7 Å². The third kappa shape index (κ3) is 4.11. The molecule has 0 atom stereocenters. The molecule has 1 aliphatic heterocycles. The van der Waals surface area contributed by atoms with Crippen molar-refractivity contribution in [3.8, 4) is 0 Å². The second-order valence-corrected chi connectivity index (χ2v) is 4.94. The van der Waals surface area contributed by atoms with Gasteiger partial charge in [0, 0.05) is 46.7 Å². The van der Waals surface area contributed by atoms with Crippen molar-refractivity contribution in [3.63, 3.8) is 0 Å². The van der Waals surface area contributed by atoms with Crippen LogP contribution in [-0.2, 0) is 4.79 Å². The van der Waals surface area contributed by atoms with Crippen LogP contribution in [0.25, 0.3) is 0 Å². The molecule has 1 rings (SSSR count). The van der Waals surface area contributed by atoms with E-state index in [9.17, 15) is 4.79 Å². The van der Waals surface area contributed by atoms with Crippen LogP contribution in [0.3, 0.4) is 0 Å². The van der Waals surface area contributed by atoms with Crippen LogP contribution < -0.4 is 0 Å². The van der Waals surface area contributed by atoms with Gasteiger partial charge in [-0.05, 0) is 19.1 Å². The number of likely N-dealkylation sites (N-methyl/N-ethyl adjacent to an activating group) is 1. The molecule has 1 heterocycles. The molecule has 0 aromatic rings. The van der Waals surface area contributed by atoms with Gasteiger partial charge in [-0.2, -0.15) is 0 Å². The molecule has 0 unspecified atom stereocenters. The number of allylic oxidation sites excluding steroid dienone is 1. The highest BCUT2D eigenvalue weighted by atomic mass is 16.2. The molecule has 0 spiro atoms. The van der Waals surface area contributed by atoms with E-state index in [4.69, 9.17) is 0 Å². The highest BCUT2D eigenvalue weighted by Gasteiger charge is 2.21. The molecular weight excluding hydrogens is 252 g/mol. The van der Waals surface area contributed by atoms with Gasteiger partial charge in [0.25, 0.3) is 0 Å². The van der Waals surface area contributed by atoms with E-state index < -0.39 is 0 Å². The molecule has 20 heavy (non-hydrogen) atoms. The second-order valence-electron chi connectivity index (χ2n) is 4.94. The van der Waals surface area contributed by atoms with Crippen LogP contribution in [0, 0.1) is 0 Å². The predicted octanol–water partition coefficient (Wildman–Crippen LogP) is 1.55. The first-order chi connectivity index (χ1) is 9.53. The number of amidine groups is 1. The molecule has 1 saturated heterocycles. The zero-order chi connectivity index (χ0) is 15.1. The van der Waals surface area contributed by atoms with Gasteiger partial charge in [0.15, 0.2) is 0 Å². The Morgan fingerprint density at radius 1 is 1.25 bits per heavy atom. The van der Waals surface area contributed by atoms with Gasteiger partial charge in [-0.3, -0.25) is 4.79 Å². The Labute approximate surface area is 122 Å². The van der Waals surface area contributed by atoms with Crippen molar-refractivity contribution >= 4 is 11.7 Å². The van der Waals surface area contributed by atoms with Gasteiger partial charge in [-0.15, -0.1) is 0 Å². The number of carbonyl (C=O) groups is 1. The van der Waals surface area contributed by atoms with Gasteiger partial charge in [0.2, 0.25) is 5.91 Å². The summed E-state index contributed by atoms with van der Waals surface area (Å²) in [5.74, 6) is 2.01. The fraction of sp³-hybridized carbons (Fsp3) is 0.600. The number of aliphatic imine (C=N–C) groups is 1. The minimum Gasteiger partial charge on any atom is -0.363 e. The molecule has 0 bridgehead atoms. The Balaban J connectivity index is 2.71. The first kappa shape index (κ1) is 16.3. The molecule has 0 aliphatic carbocycles. The van der Waals surface area contributed by atoms with E-state index in [0.29, 0.717) is 6.42 Å². The highest BCUT2D eigenvalue weighted by molar-refractivity contribution is 5.92. The number of carbonyl (C=O) groups excluding carboxylic acids is 1. The lowest BCUT2D eigenvalue weighted by molar-refractivity contribution is -0.132. The minimum absolute atomic E-state index is 0.232. The summed E-state index contributed by atoms with van der Waals surface area (Å²) in [6.45, 7) is 10.9. The molecule has 0 aromatic heterocycles. The fourth-order valence-electron chi connectivity index (χ4n) is 2.17. The number of amides is 1. The summed E-state index contributed by atoms with van der Waals surface area (Å²) in [5.41, 5.74) is 0. The average molecular weight is 278 g/mol. The van der Waals surface area contributed by atoms with E-state index in [2.05, 4.69) is 16.5 Å². The molecule has 1 fully saturated rings. The zero-order valence-electron chi connectivity index (χ0n) is 13.1. The monoisotopic (exact) mass is 278 g/mol.